The van der Waals surface area contributed by atoms with Crippen LogP contribution in [0.2, 0.25) is 0 Å². The number of anilines is 1. The highest BCUT2D eigenvalue weighted by Gasteiger charge is 2.16. The monoisotopic (exact) mass is 634 g/mol. The maximum absolute atomic E-state index is 15.1. The van der Waals surface area contributed by atoms with E-state index in [9.17, 15) is 13.2 Å². The fourth-order valence-electron chi connectivity index (χ4n) is 4.84. The molecule has 12 heteroatoms. The number of hydrogen-bond acceptors (Lipinski definition) is 9. The minimum atomic E-state index is -3.80. The minimum absolute atomic E-state index is 0.0586. The molecule has 0 radical (unpaired) electrons. The van der Waals surface area contributed by atoms with Crippen molar-refractivity contribution in [1.29, 1.82) is 0 Å². The first-order chi connectivity index (χ1) is 21.7. The molecule has 1 aromatic heterocycles. The van der Waals surface area contributed by atoms with Crippen molar-refractivity contribution < 1.29 is 31.8 Å². The number of halogens is 1. The first-order valence-corrected chi connectivity index (χ1v) is 16.0. The second kappa shape index (κ2) is 14.5. The number of ether oxygens (including phenoxy) is 3. The molecular formula is C33H35FN4O6S. The van der Waals surface area contributed by atoms with Gasteiger partial charge in [-0.15, -0.1) is 0 Å². The number of aromatic nitrogens is 1. The Morgan fingerprint density at radius 3 is 2.49 bits per heavy atom. The zero-order valence-corrected chi connectivity index (χ0v) is 25.9. The van der Waals surface area contributed by atoms with Gasteiger partial charge in [-0.2, -0.15) is 0 Å². The highest BCUT2D eigenvalue weighted by molar-refractivity contribution is 7.94. The van der Waals surface area contributed by atoms with Crippen LogP contribution in [0.25, 0.3) is 10.9 Å². The molecule has 1 fully saturated rings. The molecule has 1 N–H and O–H groups in total. The van der Waals surface area contributed by atoms with Gasteiger partial charge in [-0.05, 0) is 49.9 Å². The average Bonchev–Trinajstić information content (AvgIpc) is 3.04. The molecule has 1 aliphatic heterocycles. The van der Waals surface area contributed by atoms with Crippen molar-refractivity contribution in [3.05, 3.63) is 90.2 Å². The second-order valence-corrected chi connectivity index (χ2v) is 12.4. The number of amides is 1. The van der Waals surface area contributed by atoms with E-state index in [0.29, 0.717) is 34.8 Å². The molecular weight excluding hydrogens is 599 g/mol. The predicted molar refractivity (Wildman–Crippen MR) is 170 cm³/mol. The average molecular weight is 635 g/mol. The Hall–Kier alpha value is -4.52. The van der Waals surface area contributed by atoms with Crippen molar-refractivity contribution in [2.24, 2.45) is 0 Å². The maximum atomic E-state index is 15.1. The van der Waals surface area contributed by atoms with Crippen LogP contribution in [0, 0.1) is 5.82 Å². The number of methoxy groups -OCH3 is 1. The topological polar surface area (TPSA) is 110 Å². The number of likely N-dealkylation sites (N-methyl/N-ethyl adjacent to an activating group) is 1. The van der Waals surface area contributed by atoms with Crippen molar-refractivity contribution in [2.45, 2.75) is 11.3 Å². The molecule has 0 atom stereocenters. The number of nitrogens with one attached hydrogen (secondary N) is 1. The fourth-order valence-corrected chi connectivity index (χ4v) is 5.83. The van der Waals surface area contributed by atoms with E-state index in [4.69, 9.17) is 14.2 Å². The second-order valence-electron chi connectivity index (χ2n) is 10.6. The molecule has 0 unspecified atom stereocenters. The molecule has 0 spiro atoms. The molecule has 1 saturated heterocycles. The van der Waals surface area contributed by atoms with Crippen LogP contribution >= 0.6 is 0 Å². The Morgan fingerprint density at radius 2 is 1.76 bits per heavy atom. The third-order valence-corrected chi connectivity index (χ3v) is 8.77. The van der Waals surface area contributed by atoms with Crippen molar-refractivity contribution in [1.82, 2.24) is 14.8 Å². The summed E-state index contributed by atoms with van der Waals surface area (Å²) >= 11 is 0. The van der Waals surface area contributed by atoms with Gasteiger partial charge in [-0.3, -0.25) is 9.78 Å². The summed E-state index contributed by atoms with van der Waals surface area (Å²) in [6.07, 6.45) is 3.32. The van der Waals surface area contributed by atoms with E-state index in [1.54, 1.807) is 49.7 Å². The molecule has 0 aliphatic carbocycles. The van der Waals surface area contributed by atoms with Gasteiger partial charge in [-0.25, -0.2) is 12.8 Å². The summed E-state index contributed by atoms with van der Waals surface area (Å²) in [4.78, 5) is 21.6. The molecule has 10 nitrogen and oxygen atoms in total. The third kappa shape index (κ3) is 8.35. The van der Waals surface area contributed by atoms with Crippen LogP contribution in [0.3, 0.4) is 0 Å². The van der Waals surface area contributed by atoms with Gasteiger partial charge in [0.05, 0.1) is 24.1 Å². The van der Waals surface area contributed by atoms with Gasteiger partial charge in [0.1, 0.15) is 5.75 Å². The number of rotatable bonds is 12. The van der Waals surface area contributed by atoms with Crippen LogP contribution in [0.1, 0.15) is 6.42 Å². The molecule has 1 aliphatic rings. The van der Waals surface area contributed by atoms with E-state index in [1.807, 2.05) is 0 Å². The quantitative estimate of drug-likeness (QED) is 0.168. The number of carbonyl (C=O) groups excluding carboxylic acids is 1. The molecule has 5 rings (SSSR count). The van der Waals surface area contributed by atoms with E-state index in [1.165, 1.54) is 24.3 Å². The summed E-state index contributed by atoms with van der Waals surface area (Å²) in [6.45, 7) is 5.74. The summed E-state index contributed by atoms with van der Waals surface area (Å²) in [7, 11) is -0.109. The van der Waals surface area contributed by atoms with Crippen LogP contribution in [-0.4, -0.2) is 82.6 Å². The number of nitrogens with zero attached hydrogens (tertiary/aromatic N) is 3. The summed E-state index contributed by atoms with van der Waals surface area (Å²) in [5, 5.41) is 3.86. The molecule has 45 heavy (non-hydrogen) atoms. The summed E-state index contributed by atoms with van der Waals surface area (Å²) in [5.74, 6) is -0.126. The van der Waals surface area contributed by atoms with Gasteiger partial charge < -0.3 is 29.3 Å². The summed E-state index contributed by atoms with van der Waals surface area (Å²) in [6, 6.07) is 16.8. The normalized spacial score (nSPS) is 14.5. The maximum Gasteiger partial charge on any atom is 0.249 e. The molecule has 0 bridgehead atoms. The Kier molecular flexibility index (Phi) is 10.3. The number of carbonyl (C=O) groups is 1. The molecule has 0 saturated carbocycles. The fraction of sp³-hybridized carbons (Fsp3) is 0.273. The standard InChI is InChI=1S/C33H35FN4O6S/c1-37-15-17-38(18-16-37)14-6-19-43-32-23-28-26(22-31(32)42-2)29(11-13-35-28)44-30-10-9-24(21-27(30)34)36-33(39)12-20-45(40,41)25-7-4-3-5-8-25/h3-5,7-13,20-23H,6,14-19H2,1-2H3,(H,36,39)/b20-12+. The minimum Gasteiger partial charge on any atom is -0.493 e. The Bertz CT molecular complexity index is 1780. The van der Waals surface area contributed by atoms with Gasteiger partial charge in [0.25, 0.3) is 0 Å². The van der Waals surface area contributed by atoms with Crippen LogP contribution < -0.4 is 19.5 Å². The molecule has 1 amide bonds. The van der Waals surface area contributed by atoms with Crippen molar-refractivity contribution >= 4 is 32.3 Å². The number of sulfone groups is 1. The van der Waals surface area contributed by atoms with Crippen LogP contribution in [0.15, 0.2) is 89.3 Å². The van der Waals surface area contributed by atoms with Gasteiger partial charge in [0, 0.05) is 73.6 Å². The van der Waals surface area contributed by atoms with E-state index in [2.05, 4.69) is 27.1 Å². The number of piperazine rings is 1. The van der Waals surface area contributed by atoms with Crippen molar-refractivity contribution in [3.8, 4) is 23.0 Å². The van der Waals surface area contributed by atoms with Gasteiger partial charge >= 0.3 is 0 Å². The lowest BCUT2D eigenvalue weighted by molar-refractivity contribution is -0.111. The van der Waals surface area contributed by atoms with E-state index < -0.39 is 21.6 Å². The van der Waals surface area contributed by atoms with Gasteiger partial charge in [-0.1, -0.05) is 18.2 Å². The summed E-state index contributed by atoms with van der Waals surface area (Å²) < 4.78 is 57.3. The summed E-state index contributed by atoms with van der Waals surface area (Å²) in [5.41, 5.74) is 0.714. The van der Waals surface area contributed by atoms with E-state index in [-0.39, 0.29) is 16.3 Å². The number of benzene rings is 3. The lowest BCUT2D eigenvalue weighted by Gasteiger charge is -2.32. The van der Waals surface area contributed by atoms with Crippen molar-refractivity contribution in [3.63, 3.8) is 0 Å². The highest BCUT2D eigenvalue weighted by atomic mass is 32.2. The van der Waals surface area contributed by atoms with E-state index >= 15 is 4.39 Å². The van der Waals surface area contributed by atoms with Gasteiger partial charge in [0.15, 0.2) is 32.9 Å². The first-order valence-electron chi connectivity index (χ1n) is 14.5. The number of hydrogen-bond donors (Lipinski definition) is 1. The van der Waals surface area contributed by atoms with Gasteiger partial charge in [0.2, 0.25) is 5.91 Å². The lowest BCUT2D eigenvalue weighted by Crippen LogP contribution is -2.44. The Morgan fingerprint density at radius 1 is 0.978 bits per heavy atom. The van der Waals surface area contributed by atoms with Crippen molar-refractivity contribution in [2.75, 3.05) is 58.8 Å². The lowest BCUT2D eigenvalue weighted by atomic mass is 10.1. The largest absolute Gasteiger partial charge is 0.493 e. The molecule has 2 heterocycles. The highest BCUT2D eigenvalue weighted by Crippen LogP contribution is 2.38. The van der Waals surface area contributed by atoms with E-state index in [0.717, 1.165) is 56.7 Å². The van der Waals surface area contributed by atoms with Crippen LogP contribution in [-0.2, 0) is 14.6 Å². The molecule has 236 valence electrons. The molecule has 4 aromatic rings. The molecule has 3 aromatic carbocycles. The van der Waals surface area contributed by atoms with Crippen LogP contribution in [0.4, 0.5) is 10.1 Å². The first kappa shape index (κ1) is 31.9. The smallest absolute Gasteiger partial charge is 0.249 e. The Balaban J connectivity index is 1.23. The third-order valence-electron chi connectivity index (χ3n) is 7.35. The zero-order chi connectivity index (χ0) is 31.8. The predicted octanol–water partition coefficient (Wildman–Crippen LogP) is 5.12. The SMILES string of the molecule is COc1cc2c(Oc3ccc(NC(=O)/C=C/S(=O)(=O)c4ccccc4)cc3F)ccnc2cc1OCCCN1CCN(C)CC1. The number of fused-ring (bicyclic) bond motifs is 1. The Labute approximate surface area is 261 Å². The zero-order valence-electron chi connectivity index (χ0n) is 25.1. The number of pyridine rings is 1. The van der Waals surface area contributed by atoms with Crippen LogP contribution in [0.5, 0.6) is 23.0 Å².